The first-order valence-electron chi connectivity index (χ1n) is 9.75. The molecule has 0 fully saturated rings. The zero-order valence-electron chi connectivity index (χ0n) is 16.4. The maximum absolute atomic E-state index is 11.3. The van der Waals surface area contributed by atoms with Crippen LogP contribution >= 0.6 is 0 Å². The molecule has 0 bridgehead atoms. The summed E-state index contributed by atoms with van der Waals surface area (Å²) >= 11 is 0. The fourth-order valence-electron chi connectivity index (χ4n) is 2.82. The minimum absolute atomic E-state index is 0.000676. The van der Waals surface area contributed by atoms with E-state index in [-0.39, 0.29) is 17.9 Å². The van der Waals surface area contributed by atoms with Gasteiger partial charge in [-0.1, -0.05) is 57.9 Å². The molecule has 27 heavy (non-hydrogen) atoms. The molecular weight excluding hydrogens is 346 g/mol. The third kappa shape index (κ3) is 9.22. The highest BCUT2D eigenvalue weighted by Crippen LogP contribution is 2.19. The van der Waals surface area contributed by atoms with Crippen molar-refractivity contribution in [1.82, 2.24) is 0 Å². The molecule has 0 aliphatic rings. The van der Waals surface area contributed by atoms with Gasteiger partial charge >= 0.3 is 5.97 Å². The van der Waals surface area contributed by atoms with Crippen molar-refractivity contribution in [3.05, 3.63) is 51.3 Å². The van der Waals surface area contributed by atoms with Crippen LogP contribution in [0.25, 0.3) is 0 Å². The average Bonchev–Trinajstić information content (AvgIpc) is 2.63. The normalized spacial score (nSPS) is 11.4. The second-order valence-electron chi connectivity index (χ2n) is 6.77. The molecule has 0 atom stereocenters. The highest BCUT2D eigenvalue weighted by atomic mass is 16.6. The van der Waals surface area contributed by atoms with Crippen LogP contribution in [0.15, 0.2) is 30.0 Å². The lowest BCUT2D eigenvalue weighted by molar-refractivity contribution is -0.384. The summed E-state index contributed by atoms with van der Waals surface area (Å²) in [5.74, 6) is -1.21. The molecule has 1 N–H and O–H groups in total. The number of nitro benzene ring substituents is 1. The molecule has 0 heterocycles. The molecule has 6 heteroatoms. The number of allylic oxidation sites excluding steroid dienone is 1. The number of aryl methyl sites for hydroxylation is 1. The summed E-state index contributed by atoms with van der Waals surface area (Å²) in [6.45, 7) is 4.42. The largest absolute Gasteiger partial charge is 0.487 e. The van der Waals surface area contributed by atoms with E-state index in [1.165, 1.54) is 50.3 Å². The van der Waals surface area contributed by atoms with E-state index >= 15 is 0 Å². The van der Waals surface area contributed by atoms with Crippen LogP contribution in [0, 0.1) is 17.0 Å². The number of hydrogen-bond acceptors (Lipinski definition) is 4. The molecule has 1 rings (SSSR count). The van der Waals surface area contributed by atoms with Crippen LogP contribution < -0.4 is 0 Å². The van der Waals surface area contributed by atoms with E-state index in [1.54, 1.807) is 6.07 Å². The average molecular weight is 377 g/mol. The van der Waals surface area contributed by atoms with E-state index < -0.39 is 10.9 Å². The van der Waals surface area contributed by atoms with Gasteiger partial charge < -0.3 is 9.84 Å². The van der Waals surface area contributed by atoms with E-state index in [1.807, 2.05) is 6.92 Å². The van der Waals surface area contributed by atoms with Crippen molar-refractivity contribution >= 4 is 11.7 Å². The highest BCUT2D eigenvalue weighted by Gasteiger charge is 2.11. The maximum Gasteiger partial charge on any atom is 0.370 e. The van der Waals surface area contributed by atoms with Gasteiger partial charge in [0, 0.05) is 12.1 Å². The number of carboxylic acids is 1. The Hall–Kier alpha value is -2.37. The Kier molecular flexibility index (Phi) is 10.8. The second-order valence-corrected chi connectivity index (χ2v) is 6.77. The Morgan fingerprint density at radius 1 is 1.15 bits per heavy atom. The smallest absolute Gasteiger partial charge is 0.370 e. The molecule has 150 valence electrons. The van der Waals surface area contributed by atoms with Crippen LogP contribution in [0.3, 0.4) is 0 Å². The van der Waals surface area contributed by atoms with Crippen LogP contribution in [0.5, 0.6) is 0 Å². The SMILES string of the molecule is CCCCCCCCCCOC(=CCc1cc([N+](=O)[O-])ccc1C)C(=O)O. The minimum atomic E-state index is -1.11. The van der Waals surface area contributed by atoms with Crippen molar-refractivity contribution in [1.29, 1.82) is 0 Å². The van der Waals surface area contributed by atoms with Crippen molar-refractivity contribution < 1.29 is 19.6 Å². The zero-order valence-corrected chi connectivity index (χ0v) is 16.4. The number of non-ortho nitro benzene ring substituents is 1. The van der Waals surface area contributed by atoms with Gasteiger partial charge in [0.25, 0.3) is 5.69 Å². The van der Waals surface area contributed by atoms with Gasteiger partial charge in [0.1, 0.15) is 0 Å². The predicted octanol–water partition coefficient (Wildman–Crippen LogP) is 5.57. The van der Waals surface area contributed by atoms with E-state index in [2.05, 4.69) is 6.92 Å². The summed E-state index contributed by atoms with van der Waals surface area (Å²) in [6.07, 6.45) is 11.1. The van der Waals surface area contributed by atoms with Crippen molar-refractivity contribution in [2.24, 2.45) is 0 Å². The second kappa shape index (κ2) is 12.9. The summed E-state index contributed by atoms with van der Waals surface area (Å²) in [5, 5.41) is 20.2. The Morgan fingerprint density at radius 2 is 1.78 bits per heavy atom. The van der Waals surface area contributed by atoms with Gasteiger partial charge in [0.15, 0.2) is 0 Å². The first-order valence-corrected chi connectivity index (χ1v) is 9.75. The number of carbonyl (C=O) groups is 1. The molecular formula is C21H31NO5. The number of ether oxygens (including phenoxy) is 1. The van der Waals surface area contributed by atoms with Crippen molar-refractivity contribution in [2.75, 3.05) is 6.61 Å². The van der Waals surface area contributed by atoms with Crippen LogP contribution in [0.2, 0.25) is 0 Å². The number of aliphatic carboxylic acids is 1. The van der Waals surface area contributed by atoms with Crippen molar-refractivity contribution in [2.45, 2.75) is 71.6 Å². The number of rotatable bonds is 14. The molecule has 0 aliphatic heterocycles. The molecule has 0 aliphatic carbocycles. The topological polar surface area (TPSA) is 89.7 Å². The first kappa shape index (κ1) is 22.7. The number of nitrogens with zero attached hydrogens (tertiary/aromatic N) is 1. The molecule has 1 aromatic rings. The molecule has 0 radical (unpaired) electrons. The van der Waals surface area contributed by atoms with Gasteiger partial charge in [0.05, 0.1) is 11.5 Å². The van der Waals surface area contributed by atoms with Gasteiger partial charge in [-0.05, 0) is 37.0 Å². The van der Waals surface area contributed by atoms with E-state index in [0.717, 1.165) is 30.4 Å². The Labute approximate surface area is 161 Å². The standard InChI is InChI=1S/C21H31NO5/c1-3-4-5-6-7-8-9-10-15-27-20(21(23)24)14-12-18-16-19(22(25)26)13-11-17(18)2/h11,13-14,16H,3-10,12,15H2,1-2H3,(H,23,24). The van der Waals surface area contributed by atoms with Crippen LogP contribution in [-0.2, 0) is 16.0 Å². The number of benzene rings is 1. The summed E-state index contributed by atoms with van der Waals surface area (Å²) in [4.78, 5) is 21.8. The fourth-order valence-corrected chi connectivity index (χ4v) is 2.82. The maximum atomic E-state index is 11.3. The number of unbranched alkanes of at least 4 members (excludes halogenated alkanes) is 7. The van der Waals surface area contributed by atoms with Gasteiger partial charge in [-0.15, -0.1) is 0 Å². The van der Waals surface area contributed by atoms with Crippen LogP contribution in [0.1, 0.15) is 69.4 Å². The molecule has 0 spiro atoms. The third-order valence-electron chi connectivity index (χ3n) is 4.52. The van der Waals surface area contributed by atoms with Gasteiger partial charge in [-0.3, -0.25) is 10.1 Å². The highest BCUT2D eigenvalue weighted by molar-refractivity contribution is 5.84. The Bertz CT molecular complexity index is 639. The number of hydrogen-bond donors (Lipinski definition) is 1. The third-order valence-corrected chi connectivity index (χ3v) is 4.52. The van der Waals surface area contributed by atoms with Crippen molar-refractivity contribution in [3.63, 3.8) is 0 Å². The zero-order chi connectivity index (χ0) is 20.1. The lowest BCUT2D eigenvalue weighted by Gasteiger charge is -2.08. The molecule has 0 unspecified atom stereocenters. The van der Waals surface area contributed by atoms with Gasteiger partial charge in [-0.2, -0.15) is 0 Å². The summed E-state index contributed by atoms with van der Waals surface area (Å²) in [6, 6.07) is 4.59. The Morgan fingerprint density at radius 3 is 2.37 bits per heavy atom. The fraction of sp³-hybridized carbons (Fsp3) is 0.571. The predicted molar refractivity (Wildman–Crippen MR) is 106 cm³/mol. The quantitative estimate of drug-likeness (QED) is 0.150. The van der Waals surface area contributed by atoms with Crippen molar-refractivity contribution in [3.8, 4) is 0 Å². The lowest BCUT2D eigenvalue weighted by Crippen LogP contribution is -2.07. The molecule has 0 saturated heterocycles. The van der Waals surface area contributed by atoms with Crippen LogP contribution in [0.4, 0.5) is 5.69 Å². The minimum Gasteiger partial charge on any atom is -0.487 e. The van der Waals surface area contributed by atoms with Crippen LogP contribution in [-0.4, -0.2) is 22.6 Å². The monoisotopic (exact) mass is 377 g/mol. The number of carboxylic acid groups (broad SMARTS) is 1. The van der Waals surface area contributed by atoms with E-state index in [4.69, 9.17) is 4.74 Å². The van der Waals surface area contributed by atoms with Gasteiger partial charge in [0.2, 0.25) is 5.76 Å². The van der Waals surface area contributed by atoms with E-state index in [0.29, 0.717) is 6.61 Å². The molecule has 1 aromatic carbocycles. The molecule has 6 nitrogen and oxygen atoms in total. The summed E-state index contributed by atoms with van der Waals surface area (Å²) in [5.41, 5.74) is 1.60. The summed E-state index contributed by atoms with van der Waals surface area (Å²) < 4.78 is 5.42. The molecule has 0 saturated carbocycles. The summed E-state index contributed by atoms with van der Waals surface area (Å²) in [7, 11) is 0. The lowest BCUT2D eigenvalue weighted by atomic mass is 10.0. The molecule has 0 amide bonds. The molecule has 0 aromatic heterocycles. The van der Waals surface area contributed by atoms with E-state index in [9.17, 15) is 20.0 Å². The van der Waals surface area contributed by atoms with Gasteiger partial charge in [-0.25, -0.2) is 4.79 Å². The Balaban J connectivity index is 2.44. The number of nitro groups is 1. The first-order chi connectivity index (χ1) is 13.0.